The average Bonchev–Trinajstić information content (AvgIpc) is 3.43. The Morgan fingerprint density at radius 2 is 1.94 bits per heavy atom. The number of carbonyl (C=O) groups excluding carboxylic acids is 1. The molecular formula is C25H34N6OS2. The number of hydrogen-bond donors (Lipinski definition) is 1. The van der Waals surface area contributed by atoms with Crippen molar-refractivity contribution >= 4 is 39.8 Å². The van der Waals surface area contributed by atoms with Gasteiger partial charge in [0.05, 0.1) is 17.9 Å². The van der Waals surface area contributed by atoms with Gasteiger partial charge in [-0.05, 0) is 51.7 Å². The molecule has 1 aliphatic heterocycles. The molecule has 1 saturated heterocycles. The fourth-order valence-electron chi connectivity index (χ4n) is 4.46. The highest BCUT2D eigenvalue weighted by Crippen LogP contribution is 2.27. The number of piperidine rings is 1. The third-order valence-corrected chi connectivity index (χ3v) is 8.01. The molecule has 0 radical (unpaired) electrons. The van der Waals surface area contributed by atoms with Crippen molar-refractivity contribution in [1.82, 2.24) is 24.6 Å². The van der Waals surface area contributed by atoms with Crippen molar-refractivity contribution in [2.24, 2.45) is 0 Å². The van der Waals surface area contributed by atoms with Gasteiger partial charge in [-0.2, -0.15) is 0 Å². The number of likely N-dealkylation sites (tertiary alicyclic amines) is 1. The van der Waals surface area contributed by atoms with Crippen LogP contribution >= 0.6 is 23.1 Å². The normalized spacial score (nSPS) is 18.3. The Kier molecular flexibility index (Phi) is 8.61. The van der Waals surface area contributed by atoms with Crippen molar-refractivity contribution in [2.45, 2.75) is 83.1 Å². The van der Waals surface area contributed by atoms with Gasteiger partial charge in [-0.1, -0.05) is 43.3 Å². The lowest BCUT2D eigenvalue weighted by molar-refractivity contribution is -0.134. The second-order valence-electron chi connectivity index (χ2n) is 8.93. The van der Waals surface area contributed by atoms with Gasteiger partial charge in [0.1, 0.15) is 5.82 Å². The number of nitrogens with zero attached hydrogens (tertiary/aromatic N) is 5. The monoisotopic (exact) mass is 498 g/mol. The summed E-state index contributed by atoms with van der Waals surface area (Å²) < 4.78 is 2.17. The highest BCUT2D eigenvalue weighted by molar-refractivity contribution is 7.99. The lowest BCUT2D eigenvalue weighted by Crippen LogP contribution is -2.48. The largest absolute Gasteiger partial charge is 0.337 e. The Morgan fingerprint density at radius 1 is 1.18 bits per heavy atom. The molecule has 1 fully saturated rings. The number of amides is 1. The van der Waals surface area contributed by atoms with Crippen molar-refractivity contribution in [1.29, 1.82) is 0 Å². The molecule has 0 saturated carbocycles. The summed E-state index contributed by atoms with van der Waals surface area (Å²) in [4.78, 5) is 19.8. The van der Waals surface area contributed by atoms with E-state index in [1.54, 1.807) is 11.3 Å². The van der Waals surface area contributed by atoms with Gasteiger partial charge in [0.15, 0.2) is 10.3 Å². The van der Waals surface area contributed by atoms with Crippen molar-refractivity contribution in [3.63, 3.8) is 0 Å². The fourth-order valence-corrected chi connectivity index (χ4v) is 6.05. The van der Waals surface area contributed by atoms with Crippen molar-refractivity contribution < 1.29 is 4.79 Å². The van der Waals surface area contributed by atoms with Crippen LogP contribution in [0, 0.1) is 0 Å². The smallest absolute Gasteiger partial charge is 0.233 e. The molecular weight excluding hydrogens is 464 g/mol. The van der Waals surface area contributed by atoms with Crippen LogP contribution < -0.4 is 5.32 Å². The molecule has 1 aliphatic rings. The Hall–Kier alpha value is -2.39. The van der Waals surface area contributed by atoms with Crippen LogP contribution in [0.25, 0.3) is 0 Å². The lowest BCUT2D eigenvalue weighted by Gasteiger charge is -2.39. The van der Waals surface area contributed by atoms with Gasteiger partial charge in [0, 0.05) is 29.7 Å². The van der Waals surface area contributed by atoms with Crippen molar-refractivity contribution in [3.8, 4) is 0 Å². The van der Waals surface area contributed by atoms with E-state index in [0.717, 1.165) is 59.7 Å². The van der Waals surface area contributed by atoms with E-state index in [0.29, 0.717) is 24.3 Å². The fraction of sp³-hybridized carbons (Fsp3) is 0.520. The molecule has 0 aliphatic carbocycles. The minimum Gasteiger partial charge on any atom is -0.337 e. The summed E-state index contributed by atoms with van der Waals surface area (Å²) in [6, 6.07) is 10.7. The first kappa shape index (κ1) is 24.7. The van der Waals surface area contributed by atoms with E-state index in [1.165, 1.54) is 18.2 Å². The number of rotatable bonds is 10. The predicted molar refractivity (Wildman–Crippen MR) is 140 cm³/mol. The van der Waals surface area contributed by atoms with Gasteiger partial charge in [0.2, 0.25) is 5.91 Å². The molecule has 0 spiro atoms. The highest BCUT2D eigenvalue weighted by atomic mass is 32.2. The van der Waals surface area contributed by atoms with Gasteiger partial charge < -0.3 is 14.8 Å². The Morgan fingerprint density at radius 3 is 2.68 bits per heavy atom. The molecule has 0 unspecified atom stereocenters. The summed E-state index contributed by atoms with van der Waals surface area (Å²) in [6.45, 7) is 7.36. The van der Waals surface area contributed by atoms with Crippen LogP contribution in [0.15, 0.2) is 40.9 Å². The van der Waals surface area contributed by atoms with Gasteiger partial charge >= 0.3 is 0 Å². The summed E-state index contributed by atoms with van der Waals surface area (Å²) in [7, 11) is 0. The van der Waals surface area contributed by atoms with Gasteiger partial charge in [-0.3, -0.25) is 4.79 Å². The number of unbranched alkanes of at least 4 members (excludes halogenated alkanes) is 1. The second-order valence-corrected chi connectivity index (χ2v) is 10.7. The van der Waals surface area contributed by atoms with Crippen LogP contribution in [-0.4, -0.2) is 48.4 Å². The first-order valence-electron chi connectivity index (χ1n) is 12.2. The Bertz CT molecular complexity index is 1060. The van der Waals surface area contributed by atoms with Crippen LogP contribution in [0.5, 0.6) is 0 Å². The van der Waals surface area contributed by atoms with Crippen LogP contribution in [-0.2, 0) is 17.8 Å². The first-order valence-corrected chi connectivity index (χ1v) is 14.0. The van der Waals surface area contributed by atoms with E-state index in [4.69, 9.17) is 4.98 Å². The topological polar surface area (TPSA) is 75.9 Å². The molecule has 0 bridgehead atoms. The number of thioether (sulfide) groups is 1. The zero-order valence-corrected chi connectivity index (χ0v) is 21.9. The summed E-state index contributed by atoms with van der Waals surface area (Å²) in [5.74, 6) is 1.51. The molecule has 182 valence electrons. The minimum absolute atomic E-state index is 0.201. The predicted octanol–water partition coefficient (Wildman–Crippen LogP) is 5.75. The second kappa shape index (κ2) is 11.8. The zero-order chi connectivity index (χ0) is 23.9. The number of thiazole rings is 1. The Labute approximate surface area is 210 Å². The van der Waals surface area contributed by atoms with Crippen LogP contribution in [0.2, 0.25) is 0 Å². The van der Waals surface area contributed by atoms with E-state index < -0.39 is 0 Å². The Balaban J connectivity index is 1.42. The maximum atomic E-state index is 13.0. The molecule has 3 heterocycles. The maximum Gasteiger partial charge on any atom is 0.233 e. The number of nitrogens with one attached hydrogen (secondary N) is 1. The molecule has 3 aromatic rings. The zero-order valence-electron chi connectivity index (χ0n) is 20.2. The van der Waals surface area contributed by atoms with Crippen molar-refractivity contribution in [3.05, 3.63) is 47.2 Å². The maximum absolute atomic E-state index is 13.0. The highest BCUT2D eigenvalue weighted by Gasteiger charge is 2.29. The molecule has 1 amide bonds. The molecule has 2 atom stereocenters. The quantitative estimate of drug-likeness (QED) is 0.359. The number of carbonyl (C=O) groups is 1. The average molecular weight is 499 g/mol. The first-order chi connectivity index (χ1) is 16.5. The number of hydrogen-bond acceptors (Lipinski definition) is 7. The molecule has 4 rings (SSSR count). The van der Waals surface area contributed by atoms with Crippen LogP contribution in [0.1, 0.15) is 64.4 Å². The molecule has 9 heteroatoms. The third kappa shape index (κ3) is 6.18. The molecule has 1 N–H and O–H groups in total. The van der Waals surface area contributed by atoms with E-state index in [2.05, 4.69) is 51.1 Å². The van der Waals surface area contributed by atoms with Crippen molar-refractivity contribution in [2.75, 3.05) is 11.1 Å². The number of para-hydroxylation sites is 1. The molecule has 34 heavy (non-hydrogen) atoms. The summed E-state index contributed by atoms with van der Waals surface area (Å²) in [5, 5.41) is 16.1. The van der Waals surface area contributed by atoms with E-state index in [1.807, 2.05) is 30.3 Å². The summed E-state index contributed by atoms with van der Waals surface area (Å²) >= 11 is 3.10. The minimum atomic E-state index is 0.201. The van der Waals surface area contributed by atoms with Gasteiger partial charge in [-0.15, -0.1) is 21.5 Å². The molecule has 2 aromatic heterocycles. The van der Waals surface area contributed by atoms with Crippen LogP contribution in [0.3, 0.4) is 0 Å². The van der Waals surface area contributed by atoms with Crippen LogP contribution in [0.4, 0.5) is 10.8 Å². The standard InChI is InChI=1S/C25H34N6OS2/c1-4-5-14-30-22(15-21-16-33-24(27-21)26-20-12-7-6-8-13-20)28-29-25(30)34-17-23(32)31-18(2)10-9-11-19(31)3/h6-8,12-13,16,18-19H,4-5,9-11,14-15,17H2,1-3H3,(H,26,27)/t18-,19-/m1/s1. The van der Waals surface area contributed by atoms with E-state index in [-0.39, 0.29) is 5.91 Å². The SMILES string of the molecule is CCCCn1c(Cc2csc(Nc3ccccc3)n2)nnc1SCC(=O)N1[C@H](C)CCC[C@H]1C. The lowest BCUT2D eigenvalue weighted by atomic mass is 9.98. The van der Waals surface area contributed by atoms with E-state index in [9.17, 15) is 4.79 Å². The number of aromatic nitrogens is 4. The summed E-state index contributed by atoms with van der Waals surface area (Å²) in [6.07, 6.45) is 6.14. The number of anilines is 2. The molecule has 7 nitrogen and oxygen atoms in total. The summed E-state index contributed by atoms with van der Waals surface area (Å²) in [5.41, 5.74) is 1.99. The van der Waals surface area contributed by atoms with E-state index >= 15 is 0 Å². The molecule has 1 aromatic carbocycles. The number of benzene rings is 1. The van der Waals surface area contributed by atoms with Gasteiger partial charge in [-0.25, -0.2) is 4.98 Å². The third-order valence-electron chi connectivity index (χ3n) is 6.25. The van der Waals surface area contributed by atoms with Gasteiger partial charge in [0.25, 0.3) is 0 Å².